The topological polar surface area (TPSA) is 9.23 Å². The second-order valence-electron chi connectivity index (χ2n) is 2.01. The lowest BCUT2D eigenvalue weighted by atomic mass is 10.1. The summed E-state index contributed by atoms with van der Waals surface area (Å²) in [4.78, 5) is 0. The molecule has 0 saturated carbocycles. The summed E-state index contributed by atoms with van der Waals surface area (Å²) in [5.74, 6) is 0. The van der Waals surface area contributed by atoms with Gasteiger partial charge in [0.25, 0.3) is 0 Å². The molecule has 0 N–H and O–H groups in total. The predicted octanol–water partition coefficient (Wildman–Crippen LogP) is 1.74. The molecule has 41 valence electrons. The minimum atomic E-state index is 0.950. The molecule has 0 unspecified atom stereocenters. The third-order valence-electron chi connectivity index (χ3n) is 1.27. The highest BCUT2D eigenvalue weighted by atomic mass is 16.5. The molecule has 0 atom stereocenters. The molecule has 1 radical (unpaired) electrons. The fourth-order valence-corrected chi connectivity index (χ4v) is 0.795. The van der Waals surface area contributed by atoms with Crippen LogP contribution in [0.4, 0.5) is 0 Å². The van der Waals surface area contributed by atoms with Gasteiger partial charge in [-0.3, -0.25) is 0 Å². The van der Waals surface area contributed by atoms with Crippen LogP contribution in [0.5, 0.6) is 0 Å². The number of hydrogen-bond acceptors (Lipinski definition) is 1. The van der Waals surface area contributed by atoms with E-state index in [1.165, 1.54) is 25.4 Å². The molecule has 0 aliphatic carbocycles. The molecule has 0 spiro atoms. The van der Waals surface area contributed by atoms with Crippen LogP contribution in [0, 0.1) is 6.10 Å². The van der Waals surface area contributed by atoms with E-state index in [0.29, 0.717) is 0 Å². The molecule has 1 nitrogen and oxygen atoms in total. The first kappa shape index (κ1) is 5.10. The van der Waals surface area contributed by atoms with Gasteiger partial charge in [0.05, 0.1) is 6.10 Å². The monoisotopic (exact) mass is 99.1 g/mol. The highest BCUT2D eigenvalue weighted by Gasteiger charge is 2.07. The van der Waals surface area contributed by atoms with Gasteiger partial charge in [-0.1, -0.05) is 0 Å². The van der Waals surface area contributed by atoms with Crippen molar-refractivity contribution in [3.8, 4) is 0 Å². The molecule has 1 aliphatic heterocycles. The minimum absolute atomic E-state index is 0.950. The standard InChI is InChI=1S/C6H11O/c1-6-4-2-3-5-7-6/h2-5H2,1H3. The second kappa shape index (κ2) is 2.31. The zero-order valence-electron chi connectivity index (χ0n) is 4.74. The first-order valence-corrected chi connectivity index (χ1v) is 2.85. The van der Waals surface area contributed by atoms with Gasteiger partial charge in [0.1, 0.15) is 0 Å². The van der Waals surface area contributed by atoms with Crippen LogP contribution in [0.25, 0.3) is 0 Å². The molecule has 1 fully saturated rings. The number of hydrogen-bond donors (Lipinski definition) is 0. The molecule has 0 aromatic carbocycles. The molecule has 1 heterocycles. The van der Waals surface area contributed by atoms with Crippen LogP contribution in [0.2, 0.25) is 0 Å². The Labute approximate surface area is 44.7 Å². The van der Waals surface area contributed by atoms with Gasteiger partial charge in [-0.25, -0.2) is 0 Å². The highest BCUT2D eigenvalue weighted by Crippen LogP contribution is 2.17. The summed E-state index contributed by atoms with van der Waals surface area (Å²) in [5, 5.41) is 0. The molecule has 0 amide bonds. The van der Waals surface area contributed by atoms with Gasteiger partial charge in [-0.05, 0) is 26.2 Å². The van der Waals surface area contributed by atoms with E-state index in [0.717, 1.165) is 6.61 Å². The van der Waals surface area contributed by atoms with E-state index in [1.807, 2.05) is 0 Å². The summed E-state index contributed by atoms with van der Waals surface area (Å²) < 4.78 is 5.19. The molecular formula is C6H11O. The average molecular weight is 99.2 g/mol. The van der Waals surface area contributed by atoms with Crippen molar-refractivity contribution in [2.24, 2.45) is 0 Å². The summed E-state index contributed by atoms with van der Waals surface area (Å²) >= 11 is 0. The lowest BCUT2D eigenvalue weighted by Gasteiger charge is -2.16. The number of ether oxygens (including phenoxy) is 1. The fourth-order valence-electron chi connectivity index (χ4n) is 0.795. The fraction of sp³-hybridized carbons (Fsp3) is 0.833. The SMILES string of the molecule is C[C]1CCCCO1. The maximum Gasteiger partial charge on any atom is 0.0940 e. The molecule has 1 rings (SSSR count). The minimum Gasteiger partial charge on any atom is -0.372 e. The van der Waals surface area contributed by atoms with Crippen molar-refractivity contribution < 1.29 is 4.74 Å². The molecular weight excluding hydrogens is 88.1 g/mol. The van der Waals surface area contributed by atoms with Gasteiger partial charge in [-0.15, -0.1) is 0 Å². The van der Waals surface area contributed by atoms with Gasteiger partial charge < -0.3 is 4.74 Å². The van der Waals surface area contributed by atoms with E-state index in [1.54, 1.807) is 0 Å². The van der Waals surface area contributed by atoms with Crippen LogP contribution in [0.15, 0.2) is 0 Å². The Morgan fingerprint density at radius 1 is 1.43 bits per heavy atom. The van der Waals surface area contributed by atoms with Crippen LogP contribution in [0.1, 0.15) is 26.2 Å². The Hall–Kier alpha value is -0.0400. The van der Waals surface area contributed by atoms with E-state index in [-0.39, 0.29) is 0 Å². The van der Waals surface area contributed by atoms with Crippen LogP contribution in [-0.2, 0) is 4.74 Å². The summed E-state index contributed by atoms with van der Waals surface area (Å²) in [6, 6.07) is 0. The maximum absolute atomic E-state index is 5.19. The third kappa shape index (κ3) is 1.48. The molecule has 1 saturated heterocycles. The van der Waals surface area contributed by atoms with Crippen molar-refractivity contribution in [2.45, 2.75) is 26.2 Å². The molecule has 7 heavy (non-hydrogen) atoms. The molecule has 1 aliphatic rings. The van der Waals surface area contributed by atoms with Crippen LogP contribution >= 0.6 is 0 Å². The van der Waals surface area contributed by atoms with Crippen molar-refractivity contribution >= 4 is 0 Å². The summed E-state index contributed by atoms with van der Waals surface area (Å²) in [7, 11) is 0. The van der Waals surface area contributed by atoms with Crippen molar-refractivity contribution in [1.29, 1.82) is 0 Å². The van der Waals surface area contributed by atoms with E-state index in [9.17, 15) is 0 Å². The van der Waals surface area contributed by atoms with E-state index in [2.05, 4.69) is 6.92 Å². The first-order chi connectivity index (χ1) is 3.39. The average Bonchev–Trinajstić information content (AvgIpc) is 1.69. The Bertz CT molecular complexity index is 46.1. The zero-order valence-corrected chi connectivity index (χ0v) is 4.74. The van der Waals surface area contributed by atoms with Crippen molar-refractivity contribution in [3.05, 3.63) is 6.10 Å². The van der Waals surface area contributed by atoms with Crippen LogP contribution < -0.4 is 0 Å². The smallest absolute Gasteiger partial charge is 0.0940 e. The summed E-state index contributed by atoms with van der Waals surface area (Å²) in [5.41, 5.74) is 0. The number of rotatable bonds is 0. The Balaban J connectivity index is 2.12. The van der Waals surface area contributed by atoms with Crippen molar-refractivity contribution in [2.75, 3.05) is 6.61 Å². The van der Waals surface area contributed by atoms with E-state index >= 15 is 0 Å². The predicted molar refractivity (Wildman–Crippen MR) is 28.7 cm³/mol. The van der Waals surface area contributed by atoms with Crippen LogP contribution in [-0.4, -0.2) is 6.61 Å². The Kier molecular flexibility index (Phi) is 1.69. The Morgan fingerprint density at radius 3 is 2.57 bits per heavy atom. The van der Waals surface area contributed by atoms with Gasteiger partial charge in [0.15, 0.2) is 0 Å². The van der Waals surface area contributed by atoms with Crippen molar-refractivity contribution in [1.82, 2.24) is 0 Å². The summed E-state index contributed by atoms with van der Waals surface area (Å²) in [6.45, 7) is 3.00. The third-order valence-corrected chi connectivity index (χ3v) is 1.27. The lowest BCUT2D eigenvalue weighted by Crippen LogP contribution is -2.06. The molecule has 0 bridgehead atoms. The van der Waals surface area contributed by atoms with Gasteiger partial charge in [0.2, 0.25) is 0 Å². The highest BCUT2D eigenvalue weighted by molar-refractivity contribution is 4.73. The van der Waals surface area contributed by atoms with Crippen LogP contribution in [0.3, 0.4) is 0 Å². The van der Waals surface area contributed by atoms with Gasteiger partial charge in [0, 0.05) is 6.61 Å². The largest absolute Gasteiger partial charge is 0.372 e. The quantitative estimate of drug-likeness (QED) is 0.449. The lowest BCUT2D eigenvalue weighted by molar-refractivity contribution is 0.107. The second-order valence-corrected chi connectivity index (χ2v) is 2.01. The Morgan fingerprint density at radius 2 is 2.29 bits per heavy atom. The molecule has 1 heteroatoms. The van der Waals surface area contributed by atoms with Gasteiger partial charge in [-0.2, -0.15) is 0 Å². The summed E-state index contributed by atoms with van der Waals surface area (Å²) in [6.07, 6.45) is 4.97. The van der Waals surface area contributed by atoms with E-state index in [4.69, 9.17) is 4.74 Å². The molecule has 0 aromatic rings. The molecule has 0 aromatic heterocycles. The van der Waals surface area contributed by atoms with Crippen molar-refractivity contribution in [3.63, 3.8) is 0 Å². The maximum atomic E-state index is 5.19. The first-order valence-electron chi connectivity index (χ1n) is 2.85. The van der Waals surface area contributed by atoms with Gasteiger partial charge >= 0.3 is 0 Å². The zero-order chi connectivity index (χ0) is 5.11. The normalized spacial score (nSPS) is 25.3. The van der Waals surface area contributed by atoms with E-state index < -0.39 is 0 Å².